The van der Waals surface area contributed by atoms with E-state index in [2.05, 4.69) is 6.92 Å². The zero-order valence-corrected chi connectivity index (χ0v) is 8.91. The number of hydrogen-bond acceptors (Lipinski definition) is 2. The van der Waals surface area contributed by atoms with Crippen LogP contribution in [0.4, 0.5) is 0 Å². The van der Waals surface area contributed by atoms with E-state index in [0.29, 0.717) is 5.92 Å². The summed E-state index contributed by atoms with van der Waals surface area (Å²) < 4.78 is 0. The highest BCUT2D eigenvalue weighted by Crippen LogP contribution is 2.35. The van der Waals surface area contributed by atoms with Crippen LogP contribution in [0.15, 0.2) is 0 Å². The van der Waals surface area contributed by atoms with Gasteiger partial charge in [-0.3, -0.25) is 4.79 Å². The summed E-state index contributed by atoms with van der Waals surface area (Å²) >= 11 is 0. The van der Waals surface area contributed by atoms with Crippen molar-refractivity contribution in [1.82, 2.24) is 0 Å². The molecule has 0 spiro atoms. The molecule has 0 heterocycles. The van der Waals surface area contributed by atoms with Crippen LogP contribution in [0.5, 0.6) is 0 Å². The second-order valence-electron chi connectivity index (χ2n) is 4.52. The van der Waals surface area contributed by atoms with Crippen LogP contribution >= 0.6 is 0 Å². The molecule has 82 valence electrons. The predicted octanol–water partition coefficient (Wildman–Crippen LogP) is 1.86. The van der Waals surface area contributed by atoms with E-state index in [-0.39, 0.29) is 12.5 Å². The Morgan fingerprint density at radius 2 is 2.14 bits per heavy atom. The molecular weight excluding hydrogens is 178 g/mol. The minimum atomic E-state index is -0.742. The normalized spacial score (nSPS) is 21.3. The second-order valence-corrected chi connectivity index (χ2v) is 4.52. The van der Waals surface area contributed by atoms with E-state index in [1.54, 1.807) is 0 Å². The van der Waals surface area contributed by atoms with Crippen molar-refractivity contribution in [2.45, 2.75) is 39.0 Å². The first-order valence-corrected chi connectivity index (χ1v) is 5.58. The summed E-state index contributed by atoms with van der Waals surface area (Å²) in [7, 11) is 0. The molecule has 0 saturated heterocycles. The summed E-state index contributed by atoms with van der Waals surface area (Å²) in [6.45, 7) is 2.51. The number of carboxylic acid groups (broad SMARTS) is 1. The van der Waals surface area contributed by atoms with E-state index in [4.69, 9.17) is 10.8 Å². The fourth-order valence-electron chi connectivity index (χ4n) is 2.05. The molecule has 14 heavy (non-hydrogen) atoms. The average molecular weight is 199 g/mol. The molecular formula is C11H21NO2. The largest absolute Gasteiger partial charge is 0.481 e. The molecule has 0 amide bonds. The van der Waals surface area contributed by atoms with Crippen LogP contribution in [-0.4, -0.2) is 17.6 Å². The van der Waals surface area contributed by atoms with Gasteiger partial charge >= 0.3 is 5.97 Å². The molecule has 1 aliphatic rings. The van der Waals surface area contributed by atoms with Crippen molar-refractivity contribution in [3.05, 3.63) is 0 Å². The Morgan fingerprint density at radius 3 is 2.50 bits per heavy atom. The van der Waals surface area contributed by atoms with Crippen LogP contribution in [0, 0.1) is 17.8 Å². The van der Waals surface area contributed by atoms with Gasteiger partial charge in [-0.15, -0.1) is 0 Å². The molecule has 1 rings (SSSR count). The molecule has 1 saturated carbocycles. The quantitative estimate of drug-likeness (QED) is 0.686. The van der Waals surface area contributed by atoms with Gasteiger partial charge in [-0.25, -0.2) is 0 Å². The minimum absolute atomic E-state index is 0.271. The third-order valence-corrected chi connectivity index (χ3v) is 3.56. The monoisotopic (exact) mass is 199 g/mol. The van der Waals surface area contributed by atoms with Crippen LogP contribution in [0.1, 0.15) is 39.0 Å². The molecule has 0 aromatic heterocycles. The van der Waals surface area contributed by atoms with Gasteiger partial charge in [0.05, 0.1) is 5.92 Å². The molecule has 3 heteroatoms. The van der Waals surface area contributed by atoms with Crippen LogP contribution < -0.4 is 5.73 Å². The Balaban J connectivity index is 2.20. The Kier molecular flexibility index (Phi) is 4.39. The smallest absolute Gasteiger partial charge is 0.307 e. The average Bonchev–Trinajstić information content (AvgIpc) is 2.01. The molecule has 0 aromatic rings. The minimum Gasteiger partial charge on any atom is -0.481 e. The number of nitrogens with two attached hydrogens (primary N) is 1. The molecule has 2 unspecified atom stereocenters. The highest BCUT2D eigenvalue weighted by molar-refractivity contribution is 5.70. The highest BCUT2D eigenvalue weighted by Gasteiger charge is 2.25. The van der Waals surface area contributed by atoms with Crippen LogP contribution in [0.25, 0.3) is 0 Å². The molecule has 3 N–H and O–H groups in total. The number of aliphatic carboxylic acids is 1. The maximum atomic E-state index is 10.7. The number of carboxylic acids is 1. The highest BCUT2D eigenvalue weighted by atomic mass is 16.4. The van der Waals surface area contributed by atoms with Crippen molar-refractivity contribution >= 4 is 5.97 Å². The van der Waals surface area contributed by atoms with Gasteiger partial charge in [0, 0.05) is 6.54 Å². The number of carbonyl (C=O) groups is 1. The Hall–Kier alpha value is -0.570. The van der Waals surface area contributed by atoms with Crippen LogP contribution in [0.3, 0.4) is 0 Å². The Morgan fingerprint density at radius 1 is 1.50 bits per heavy atom. The predicted molar refractivity (Wildman–Crippen MR) is 55.9 cm³/mol. The van der Waals surface area contributed by atoms with Gasteiger partial charge in [-0.1, -0.05) is 26.2 Å². The van der Waals surface area contributed by atoms with E-state index in [1.807, 2.05) is 0 Å². The molecule has 1 fully saturated rings. The van der Waals surface area contributed by atoms with Crippen molar-refractivity contribution < 1.29 is 9.90 Å². The molecule has 0 aliphatic heterocycles. The summed E-state index contributed by atoms with van der Waals surface area (Å²) in [5, 5.41) is 8.82. The lowest BCUT2D eigenvalue weighted by Gasteiger charge is -2.31. The van der Waals surface area contributed by atoms with Crippen molar-refractivity contribution in [2.75, 3.05) is 6.54 Å². The fraction of sp³-hybridized carbons (Fsp3) is 0.909. The summed E-state index contributed by atoms with van der Waals surface area (Å²) in [6.07, 6.45) is 5.78. The zero-order chi connectivity index (χ0) is 10.6. The maximum absolute atomic E-state index is 10.7. The van der Waals surface area contributed by atoms with Crippen molar-refractivity contribution in [2.24, 2.45) is 23.5 Å². The van der Waals surface area contributed by atoms with Crippen molar-refractivity contribution in [1.29, 1.82) is 0 Å². The number of hydrogen-bond donors (Lipinski definition) is 2. The first-order chi connectivity index (χ1) is 6.65. The standard InChI is InChI=1S/C11H21NO2/c1-8(9-3-2-4-9)5-6-10(7-12)11(13)14/h8-10H,2-7,12H2,1H3,(H,13,14). The lowest BCUT2D eigenvalue weighted by Crippen LogP contribution is -2.26. The van der Waals surface area contributed by atoms with Gasteiger partial charge < -0.3 is 10.8 Å². The van der Waals surface area contributed by atoms with Crippen LogP contribution in [-0.2, 0) is 4.79 Å². The molecule has 2 atom stereocenters. The van der Waals surface area contributed by atoms with E-state index in [9.17, 15) is 4.79 Å². The van der Waals surface area contributed by atoms with Gasteiger partial charge in [-0.05, 0) is 24.7 Å². The van der Waals surface area contributed by atoms with E-state index in [1.165, 1.54) is 19.3 Å². The van der Waals surface area contributed by atoms with Gasteiger partial charge in [0.1, 0.15) is 0 Å². The second kappa shape index (κ2) is 5.35. The maximum Gasteiger partial charge on any atom is 0.307 e. The lowest BCUT2D eigenvalue weighted by molar-refractivity contribution is -0.141. The van der Waals surface area contributed by atoms with Gasteiger partial charge in [-0.2, -0.15) is 0 Å². The fourth-order valence-corrected chi connectivity index (χ4v) is 2.05. The summed E-state index contributed by atoms with van der Waals surface area (Å²) in [5.41, 5.74) is 5.40. The summed E-state index contributed by atoms with van der Waals surface area (Å²) in [6, 6.07) is 0. The summed E-state index contributed by atoms with van der Waals surface area (Å²) in [5.74, 6) is 0.449. The Labute approximate surface area is 85.7 Å². The van der Waals surface area contributed by atoms with Crippen molar-refractivity contribution in [3.63, 3.8) is 0 Å². The third kappa shape index (κ3) is 2.98. The molecule has 0 aromatic carbocycles. The first kappa shape index (κ1) is 11.5. The van der Waals surface area contributed by atoms with Crippen LogP contribution in [0.2, 0.25) is 0 Å². The molecule has 0 bridgehead atoms. The molecule has 0 radical (unpaired) electrons. The number of rotatable bonds is 6. The topological polar surface area (TPSA) is 63.3 Å². The molecule has 3 nitrogen and oxygen atoms in total. The van der Waals surface area contributed by atoms with Gasteiger partial charge in [0.15, 0.2) is 0 Å². The van der Waals surface area contributed by atoms with Crippen molar-refractivity contribution in [3.8, 4) is 0 Å². The first-order valence-electron chi connectivity index (χ1n) is 5.58. The van der Waals surface area contributed by atoms with E-state index in [0.717, 1.165) is 18.8 Å². The van der Waals surface area contributed by atoms with E-state index < -0.39 is 5.97 Å². The van der Waals surface area contributed by atoms with Gasteiger partial charge in [0.2, 0.25) is 0 Å². The van der Waals surface area contributed by atoms with Gasteiger partial charge in [0.25, 0.3) is 0 Å². The summed E-state index contributed by atoms with van der Waals surface area (Å²) in [4.78, 5) is 10.7. The zero-order valence-electron chi connectivity index (χ0n) is 8.91. The molecule has 1 aliphatic carbocycles. The third-order valence-electron chi connectivity index (χ3n) is 3.56. The lowest BCUT2D eigenvalue weighted by atomic mass is 9.74. The van der Waals surface area contributed by atoms with E-state index >= 15 is 0 Å². The Bertz CT molecular complexity index is 190. The SMILES string of the molecule is CC(CCC(CN)C(=O)O)C1CCC1.